The van der Waals surface area contributed by atoms with Crippen LogP contribution in [0.3, 0.4) is 0 Å². The van der Waals surface area contributed by atoms with Crippen LogP contribution in [0.1, 0.15) is 26.2 Å². The number of pyridine rings is 1. The summed E-state index contributed by atoms with van der Waals surface area (Å²) in [5.41, 5.74) is 0.0668. The number of hydrogen-bond acceptors (Lipinski definition) is 6. The van der Waals surface area contributed by atoms with E-state index in [1.165, 1.54) is 25.0 Å². The third kappa shape index (κ3) is 3.53. The van der Waals surface area contributed by atoms with Crippen molar-refractivity contribution in [3.8, 4) is 0 Å². The first-order chi connectivity index (χ1) is 9.63. The van der Waals surface area contributed by atoms with E-state index in [-0.39, 0.29) is 10.6 Å². The Kier molecular flexibility index (Phi) is 5.05. The highest BCUT2D eigenvalue weighted by Gasteiger charge is 2.27. The summed E-state index contributed by atoms with van der Waals surface area (Å²) in [7, 11) is 0. The number of nitrogens with zero attached hydrogens (tertiary/aromatic N) is 2. The highest BCUT2D eigenvalue weighted by atomic mass is 32.2. The SMILES string of the molecule is CCNc1cc([N+](=O)[O-])cc(NC2CCCC2SC)n1. The van der Waals surface area contributed by atoms with Crippen LogP contribution >= 0.6 is 11.8 Å². The average Bonchev–Trinajstić information content (AvgIpc) is 2.86. The predicted octanol–water partition coefficient (Wildman–Crippen LogP) is 3.12. The average molecular weight is 296 g/mol. The zero-order valence-corrected chi connectivity index (χ0v) is 12.6. The van der Waals surface area contributed by atoms with Crippen molar-refractivity contribution in [1.82, 2.24) is 4.98 Å². The molecule has 2 unspecified atom stereocenters. The molecule has 110 valence electrons. The molecule has 1 saturated carbocycles. The molecule has 1 aliphatic rings. The Labute approximate surface area is 122 Å². The standard InChI is InChI=1S/C13H20N4O2S/c1-3-14-12-7-9(17(18)19)8-13(16-12)15-10-5-4-6-11(10)20-2/h7-8,10-11H,3-6H2,1-2H3,(H2,14,15,16). The fourth-order valence-corrected chi connectivity index (χ4v) is 3.47. The number of thioether (sulfide) groups is 1. The van der Waals surface area contributed by atoms with Crippen molar-refractivity contribution in [2.45, 2.75) is 37.5 Å². The zero-order valence-electron chi connectivity index (χ0n) is 11.8. The van der Waals surface area contributed by atoms with Gasteiger partial charge in [0.1, 0.15) is 11.6 Å². The molecule has 1 aliphatic carbocycles. The van der Waals surface area contributed by atoms with E-state index < -0.39 is 0 Å². The summed E-state index contributed by atoms with van der Waals surface area (Å²) >= 11 is 1.84. The first-order valence-corrected chi connectivity index (χ1v) is 8.12. The monoisotopic (exact) mass is 296 g/mol. The topological polar surface area (TPSA) is 80.1 Å². The molecule has 2 rings (SSSR count). The molecule has 1 fully saturated rings. The molecule has 0 bridgehead atoms. The van der Waals surface area contributed by atoms with Crippen LogP contribution < -0.4 is 10.6 Å². The number of rotatable bonds is 6. The Morgan fingerprint density at radius 1 is 1.45 bits per heavy atom. The molecular weight excluding hydrogens is 276 g/mol. The summed E-state index contributed by atoms with van der Waals surface area (Å²) in [6, 6.07) is 3.32. The summed E-state index contributed by atoms with van der Waals surface area (Å²) in [6.45, 7) is 2.62. The van der Waals surface area contributed by atoms with Crippen molar-refractivity contribution < 1.29 is 4.92 Å². The predicted molar refractivity (Wildman–Crippen MR) is 83.6 cm³/mol. The van der Waals surface area contributed by atoms with Crippen molar-refractivity contribution >= 4 is 29.1 Å². The molecule has 20 heavy (non-hydrogen) atoms. The van der Waals surface area contributed by atoms with Crippen LogP contribution in [0.2, 0.25) is 0 Å². The lowest BCUT2D eigenvalue weighted by Crippen LogP contribution is -2.26. The van der Waals surface area contributed by atoms with Crippen molar-refractivity contribution in [2.24, 2.45) is 0 Å². The Bertz CT molecular complexity index is 483. The van der Waals surface area contributed by atoms with Gasteiger partial charge in [0.25, 0.3) is 5.69 Å². The molecule has 1 heterocycles. The van der Waals surface area contributed by atoms with Gasteiger partial charge in [0.15, 0.2) is 0 Å². The summed E-state index contributed by atoms with van der Waals surface area (Å²) in [4.78, 5) is 15.0. The van der Waals surface area contributed by atoms with Gasteiger partial charge >= 0.3 is 0 Å². The fraction of sp³-hybridized carbons (Fsp3) is 0.615. The molecule has 2 N–H and O–H groups in total. The summed E-state index contributed by atoms with van der Waals surface area (Å²) < 4.78 is 0. The van der Waals surface area contributed by atoms with Crippen molar-refractivity contribution in [3.63, 3.8) is 0 Å². The number of aromatic nitrogens is 1. The lowest BCUT2D eigenvalue weighted by Gasteiger charge is -2.20. The van der Waals surface area contributed by atoms with Gasteiger partial charge in [0, 0.05) is 17.8 Å². The molecule has 0 saturated heterocycles. The van der Waals surface area contributed by atoms with Gasteiger partial charge in [0.2, 0.25) is 0 Å². The Morgan fingerprint density at radius 3 is 2.85 bits per heavy atom. The first kappa shape index (κ1) is 14.9. The van der Waals surface area contributed by atoms with Gasteiger partial charge in [-0.15, -0.1) is 0 Å². The molecular formula is C13H20N4O2S. The van der Waals surface area contributed by atoms with E-state index in [9.17, 15) is 10.1 Å². The molecule has 1 aromatic rings. The van der Waals surface area contributed by atoms with Crippen LogP contribution in [0.25, 0.3) is 0 Å². The van der Waals surface area contributed by atoms with Gasteiger partial charge in [0.05, 0.1) is 17.1 Å². The maximum atomic E-state index is 11.0. The largest absolute Gasteiger partial charge is 0.370 e. The second-order valence-electron chi connectivity index (χ2n) is 4.84. The van der Waals surface area contributed by atoms with Gasteiger partial charge in [-0.2, -0.15) is 11.8 Å². The van der Waals surface area contributed by atoms with Crippen LogP contribution in [0.4, 0.5) is 17.3 Å². The van der Waals surface area contributed by atoms with Crippen LogP contribution in [0.5, 0.6) is 0 Å². The van der Waals surface area contributed by atoms with Gasteiger partial charge in [-0.1, -0.05) is 6.42 Å². The van der Waals surface area contributed by atoms with Crippen molar-refractivity contribution in [2.75, 3.05) is 23.4 Å². The highest BCUT2D eigenvalue weighted by molar-refractivity contribution is 7.99. The van der Waals surface area contributed by atoms with Crippen LogP contribution in [0, 0.1) is 10.1 Å². The lowest BCUT2D eigenvalue weighted by atomic mass is 10.2. The minimum atomic E-state index is -0.381. The second-order valence-corrected chi connectivity index (χ2v) is 5.92. The number of nitro groups is 1. The Balaban J connectivity index is 2.19. The molecule has 0 aliphatic heterocycles. The number of hydrogen-bond donors (Lipinski definition) is 2. The van der Waals surface area contributed by atoms with Crippen LogP contribution in [-0.4, -0.2) is 34.0 Å². The van der Waals surface area contributed by atoms with Gasteiger partial charge in [-0.05, 0) is 26.0 Å². The van der Waals surface area contributed by atoms with E-state index in [1.54, 1.807) is 0 Å². The maximum Gasteiger partial charge on any atom is 0.276 e. The minimum Gasteiger partial charge on any atom is -0.370 e. The molecule has 2 atom stereocenters. The molecule has 0 aromatic carbocycles. The fourth-order valence-electron chi connectivity index (χ4n) is 2.53. The molecule has 1 aromatic heterocycles. The number of nitrogens with one attached hydrogen (secondary N) is 2. The van der Waals surface area contributed by atoms with Crippen LogP contribution in [0.15, 0.2) is 12.1 Å². The molecule has 6 nitrogen and oxygen atoms in total. The summed E-state index contributed by atoms with van der Waals surface area (Å²) in [5.74, 6) is 1.13. The second kappa shape index (κ2) is 6.78. The molecule has 7 heteroatoms. The Morgan fingerprint density at radius 2 is 2.20 bits per heavy atom. The molecule has 0 radical (unpaired) electrons. The van der Waals surface area contributed by atoms with E-state index in [2.05, 4.69) is 21.9 Å². The smallest absolute Gasteiger partial charge is 0.276 e. The Hall–Kier alpha value is -1.50. The lowest BCUT2D eigenvalue weighted by molar-refractivity contribution is -0.384. The molecule has 0 amide bonds. The van der Waals surface area contributed by atoms with E-state index in [1.807, 2.05) is 18.7 Å². The van der Waals surface area contributed by atoms with E-state index in [4.69, 9.17) is 0 Å². The van der Waals surface area contributed by atoms with E-state index in [0.29, 0.717) is 29.5 Å². The summed E-state index contributed by atoms with van der Waals surface area (Å²) in [5, 5.41) is 17.9. The van der Waals surface area contributed by atoms with E-state index in [0.717, 1.165) is 6.42 Å². The highest BCUT2D eigenvalue weighted by Crippen LogP contribution is 2.31. The number of anilines is 2. The summed E-state index contributed by atoms with van der Waals surface area (Å²) in [6.07, 6.45) is 5.58. The zero-order chi connectivity index (χ0) is 14.5. The van der Waals surface area contributed by atoms with Crippen molar-refractivity contribution in [3.05, 3.63) is 22.2 Å². The van der Waals surface area contributed by atoms with Gasteiger partial charge in [-0.25, -0.2) is 4.98 Å². The normalized spacial score (nSPS) is 21.7. The third-order valence-corrected chi connectivity index (χ3v) is 4.64. The quantitative estimate of drug-likeness (QED) is 0.620. The third-order valence-electron chi connectivity index (χ3n) is 3.47. The van der Waals surface area contributed by atoms with Gasteiger partial charge < -0.3 is 10.6 Å². The molecule has 0 spiro atoms. The van der Waals surface area contributed by atoms with Crippen molar-refractivity contribution in [1.29, 1.82) is 0 Å². The van der Waals surface area contributed by atoms with Gasteiger partial charge in [-0.3, -0.25) is 10.1 Å². The first-order valence-electron chi connectivity index (χ1n) is 6.83. The van der Waals surface area contributed by atoms with Crippen LogP contribution in [-0.2, 0) is 0 Å². The van der Waals surface area contributed by atoms with E-state index >= 15 is 0 Å². The minimum absolute atomic E-state index is 0.0668. The maximum absolute atomic E-state index is 11.0.